The average molecular weight is 447 g/mol. The van der Waals surface area contributed by atoms with E-state index < -0.39 is 29.1 Å². The van der Waals surface area contributed by atoms with Gasteiger partial charge in [0.05, 0.1) is 7.11 Å². The number of ether oxygens (including phenoxy) is 1. The Bertz CT molecular complexity index is 710. The van der Waals surface area contributed by atoms with Gasteiger partial charge in [-0.15, -0.1) is 0 Å². The van der Waals surface area contributed by atoms with E-state index in [2.05, 4.69) is 13.8 Å². The highest BCUT2D eigenvalue weighted by Gasteiger charge is 2.69. The first-order valence-corrected chi connectivity index (χ1v) is 12.2. The van der Waals surface area contributed by atoms with Gasteiger partial charge < -0.3 is 4.74 Å². The molecule has 0 aromatic heterocycles. The Morgan fingerprint density at radius 1 is 0.968 bits per heavy atom. The molecule has 0 aromatic carbocycles. The maximum Gasteiger partial charge on any atom is 0.305 e. The zero-order valence-electron chi connectivity index (χ0n) is 19.4. The molecule has 0 heterocycles. The molecule has 0 amide bonds. The molecule has 4 fully saturated rings. The third-order valence-electron chi connectivity index (χ3n) is 10.4. The van der Waals surface area contributed by atoms with Crippen LogP contribution in [0, 0.1) is 46.3 Å². The highest BCUT2D eigenvalue weighted by molar-refractivity contribution is 5.69. The van der Waals surface area contributed by atoms with Crippen LogP contribution in [0.2, 0.25) is 0 Å². The van der Waals surface area contributed by atoms with Gasteiger partial charge in [-0.25, -0.2) is 17.6 Å². The molecule has 178 valence electrons. The fourth-order valence-electron chi connectivity index (χ4n) is 8.70. The number of hydrogen-bond donors (Lipinski definition) is 0. The molecule has 2 unspecified atom stereocenters. The van der Waals surface area contributed by atoms with Crippen molar-refractivity contribution in [1.29, 1.82) is 0 Å². The van der Waals surface area contributed by atoms with Crippen LogP contribution in [0.4, 0.5) is 17.6 Å². The molecule has 0 bridgehead atoms. The van der Waals surface area contributed by atoms with E-state index in [1.54, 1.807) is 0 Å². The van der Waals surface area contributed by atoms with Gasteiger partial charge >= 0.3 is 5.97 Å². The summed E-state index contributed by atoms with van der Waals surface area (Å²) in [5.41, 5.74) is -0.564. The Morgan fingerprint density at radius 3 is 2.32 bits per heavy atom. The summed E-state index contributed by atoms with van der Waals surface area (Å²) in [5.74, 6) is -6.82. The van der Waals surface area contributed by atoms with Crippen molar-refractivity contribution in [2.45, 2.75) is 96.8 Å². The predicted molar refractivity (Wildman–Crippen MR) is 111 cm³/mol. The van der Waals surface area contributed by atoms with Crippen LogP contribution in [0.3, 0.4) is 0 Å². The van der Waals surface area contributed by atoms with Gasteiger partial charge in [0.15, 0.2) is 0 Å². The van der Waals surface area contributed by atoms with Crippen LogP contribution in [-0.4, -0.2) is 24.9 Å². The lowest BCUT2D eigenvalue weighted by Crippen LogP contribution is -2.61. The van der Waals surface area contributed by atoms with Crippen molar-refractivity contribution in [1.82, 2.24) is 0 Å². The minimum Gasteiger partial charge on any atom is -0.469 e. The predicted octanol–water partition coefficient (Wildman–Crippen LogP) is 7.12. The van der Waals surface area contributed by atoms with Crippen LogP contribution in [-0.2, 0) is 9.53 Å². The van der Waals surface area contributed by atoms with Crippen LogP contribution in [0.1, 0.15) is 85.0 Å². The monoisotopic (exact) mass is 446 g/mol. The third-order valence-corrected chi connectivity index (χ3v) is 10.4. The molecule has 6 heteroatoms. The minimum atomic E-state index is -2.88. The number of hydrogen-bond acceptors (Lipinski definition) is 2. The standard InChI is InChI=1S/C25H38F4O2/c1-15(5-8-20(30)31-4)17-6-7-18-21-19(9-10-23(17,18)3)22(2)11-12-24(26,27)13-16(22)14-25(21,28)29/h15-19,21H,5-14H2,1-4H3/t15-,16+,17?,18+,19+,21+,22?,23-/m1/s1. The smallest absolute Gasteiger partial charge is 0.305 e. The second-order valence-corrected chi connectivity index (χ2v) is 11.8. The van der Waals surface area contributed by atoms with E-state index in [0.717, 1.165) is 25.7 Å². The molecule has 4 aliphatic rings. The lowest BCUT2D eigenvalue weighted by molar-refractivity contribution is -0.249. The SMILES string of the molecule is COC(=O)CC[C@@H](C)C1CC[C@H]2[C@H]3[C@H](CC[C@]12C)C1(C)CCC(F)(F)C[C@H]1CC3(F)F. The summed E-state index contributed by atoms with van der Waals surface area (Å²) in [6, 6.07) is 0. The van der Waals surface area contributed by atoms with Crippen LogP contribution >= 0.6 is 0 Å². The summed E-state index contributed by atoms with van der Waals surface area (Å²) in [7, 11) is 1.39. The summed E-state index contributed by atoms with van der Waals surface area (Å²) < 4.78 is 64.3. The number of halogens is 4. The van der Waals surface area contributed by atoms with Crippen molar-refractivity contribution in [2.75, 3.05) is 7.11 Å². The second-order valence-electron chi connectivity index (χ2n) is 11.8. The van der Waals surface area contributed by atoms with Crippen LogP contribution < -0.4 is 0 Å². The van der Waals surface area contributed by atoms with Gasteiger partial charge in [-0.05, 0) is 78.9 Å². The molecular formula is C25H38F4O2. The van der Waals surface area contributed by atoms with Crippen molar-refractivity contribution in [3.63, 3.8) is 0 Å². The summed E-state index contributed by atoms with van der Waals surface area (Å²) in [4.78, 5) is 11.6. The number of alkyl halides is 4. The molecule has 4 saturated carbocycles. The number of methoxy groups -OCH3 is 1. The molecule has 4 rings (SSSR count). The molecule has 0 radical (unpaired) electrons. The fourth-order valence-corrected chi connectivity index (χ4v) is 8.70. The minimum absolute atomic E-state index is 0.0629. The van der Waals surface area contributed by atoms with Gasteiger partial charge in [0.25, 0.3) is 5.92 Å². The van der Waals surface area contributed by atoms with Crippen molar-refractivity contribution in [2.24, 2.45) is 46.3 Å². The van der Waals surface area contributed by atoms with Crippen molar-refractivity contribution < 1.29 is 27.1 Å². The summed E-state index contributed by atoms with van der Waals surface area (Å²) in [5, 5.41) is 0. The number of esters is 1. The third kappa shape index (κ3) is 3.72. The Balaban J connectivity index is 1.58. The topological polar surface area (TPSA) is 26.3 Å². The normalized spacial score (nSPS) is 46.4. The molecule has 0 saturated heterocycles. The van der Waals surface area contributed by atoms with Crippen molar-refractivity contribution >= 4 is 5.97 Å². The Hall–Kier alpha value is -0.810. The fraction of sp³-hybridized carbons (Fsp3) is 0.960. The number of carbonyl (C=O) groups excluding carboxylic acids is 1. The highest BCUT2D eigenvalue weighted by Crippen LogP contribution is 2.71. The summed E-state index contributed by atoms with van der Waals surface area (Å²) >= 11 is 0. The lowest BCUT2D eigenvalue weighted by atomic mass is 9.43. The van der Waals surface area contributed by atoms with E-state index in [4.69, 9.17) is 4.74 Å². The maximum atomic E-state index is 15.7. The Kier molecular flexibility index (Phi) is 5.74. The van der Waals surface area contributed by atoms with E-state index >= 15 is 8.78 Å². The van der Waals surface area contributed by atoms with E-state index in [-0.39, 0.29) is 48.4 Å². The molecule has 0 N–H and O–H groups in total. The Morgan fingerprint density at radius 2 is 1.65 bits per heavy atom. The van der Waals surface area contributed by atoms with Crippen molar-refractivity contribution in [3.05, 3.63) is 0 Å². The first-order valence-electron chi connectivity index (χ1n) is 12.2. The number of rotatable bonds is 4. The van der Waals surface area contributed by atoms with Crippen molar-refractivity contribution in [3.8, 4) is 0 Å². The zero-order chi connectivity index (χ0) is 22.8. The quantitative estimate of drug-likeness (QED) is 0.340. The number of fused-ring (bicyclic) bond motifs is 5. The summed E-state index contributed by atoms with van der Waals surface area (Å²) in [6.07, 6.45) is 3.84. The van der Waals surface area contributed by atoms with E-state index in [9.17, 15) is 13.6 Å². The molecule has 2 nitrogen and oxygen atoms in total. The van der Waals surface area contributed by atoms with Gasteiger partial charge in [-0.2, -0.15) is 0 Å². The largest absolute Gasteiger partial charge is 0.469 e. The molecular weight excluding hydrogens is 408 g/mol. The van der Waals surface area contributed by atoms with E-state index in [1.165, 1.54) is 7.11 Å². The maximum absolute atomic E-state index is 15.7. The molecule has 4 aliphatic carbocycles. The molecule has 0 spiro atoms. The highest BCUT2D eigenvalue weighted by atomic mass is 19.3. The molecule has 0 aromatic rings. The lowest BCUT2D eigenvalue weighted by Gasteiger charge is -2.63. The first-order chi connectivity index (χ1) is 14.3. The molecule has 31 heavy (non-hydrogen) atoms. The number of carbonyl (C=O) groups is 1. The first kappa shape index (κ1) is 23.4. The van der Waals surface area contributed by atoms with E-state index in [1.807, 2.05) is 6.92 Å². The molecule has 0 aliphatic heterocycles. The van der Waals surface area contributed by atoms with Gasteiger partial charge in [-0.3, -0.25) is 4.79 Å². The average Bonchev–Trinajstić information content (AvgIpc) is 3.04. The van der Waals surface area contributed by atoms with Gasteiger partial charge in [0.2, 0.25) is 5.92 Å². The zero-order valence-corrected chi connectivity index (χ0v) is 19.4. The van der Waals surface area contributed by atoms with Gasteiger partial charge in [-0.1, -0.05) is 20.8 Å². The van der Waals surface area contributed by atoms with Gasteiger partial charge in [0, 0.05) is 31.6 Å². The van der Waals surface area contributed by atoms with E-state index in [0.29, 0.717) is 25.2 Å². The van der Waals surface area contributed by atoms with Crippen LogP contribution in [0.15, 0.2) is 0 Å². The van der Waals surface area contributed by atoms with Crippen LogP contribution in [0.25, 0.3) is 0 Å². The van der Waals surface area contributed by atoms with Crippen LogP contribution in [0.5, 0.6) is 0 Å². The van der Waals surface area contributed by atoms with Gasteiger partial charge in [0.1, 0.15) is 0 Å². The summed E-state index contributed by atoms with van der Waals surface area (Å²) in [6.45, 7) is 6.38. The Labute approximate surface area is 183 Å². The molecule has 8 atom stereocenters. The second kappa shape index (κ2) is 7.62.